The molecule has 1 aromatic carbocycles. The zero-order chi connectivity index (χ0) is 16.4. The first-order chi connectivity index (χ1) is 11.0. The first-order valence-corrected chi connectivity index (χ1v) is 8.14. The lowest BCUT2D eigenvalue weighted by Crippen LogP contribution is -2.30. The monoisotopic (exact) mass is 312 g/mol. The van der Waals surface area contributed by atoms with E-state index in [4.69, 9.17) is 5.73 Å². The van der Waals surface area contributed by atoms with Gasteiger partial charge in [-0.2, -0.15) is 0 Å². The van der Waals surface area contributed by atoms with Gasteiger partial charge in [-0.1, -0.05) is 18.2 Å². The van der Waals surface area contributed by atoms with Gasteiger partial charge in [0.05, 0.1) is 5.52 Å². The first-order valence-electron chi connectivity index (χ1n) is 8.14. The summed E-state index contributed by atoms with van der Waals surface area (Å²) in [5.41, 5.74) is 7.95. The van der Waals surface area contributed by atoms with Gasteiger partial charge in [0.1, 0.15) is 5.82 Å². The summed E-state index contributed by atoms with van der Waals surface area (Å²) in [7, 11) is 3.94. The molecule has 0 aliphatic heterocycles. The number of carbonyl (C=O) groups excluding carboxylic acids is 1. The Balaban J connectivity index is 1.80. The van der Waals surface area contributed by atoms with Crippen LogP contribution < -0.4 is 16.0 Å². The largest absolute Gasteiger partial charge is 0.363 e. The maximum absolute atomic E-state index is 12.3. The molecule has 2 aromatic rings. The summed E-state index contributed by atoms with van der Waals surface area (Å²) in [6.07, 6.45) is 2.64. The molecule has 1 aromatic heterocycles. The van der Waals surface area contributed by atoms with Crippen LogP contribution in [0.2, 0.25) is 0 Å². The third kappa shape index (κ3) is 3.45. The highest BCUT2D eigenvalue weighted by atomic mass is 16.1. The summed E-state index contributed by atoms with van der Waals surface area (Å²) in [6, 6.07) is 10.3. The van der Waals surface area contributed by atoms with Crippen LogP contribution in [0.15, 0.2) is 30.3 Å². The van der Waals surface area contributed by atoms with Crippen molar-refractivity contribution in [2.45, 2.75) is 31.8 Å². The second-order valence-corrected chi connectivity index (χ2v) is 6.54. The maximum Gasteiger partial charge on any atom is 0.223 e. The fraction of sp³-hybridized carbons (Fsp3) is 0.444. The lowest BCUT2D eigenvalue weighted by Gasteiger charge is -2.16. The molecule has 1 fully saturated rings. The van der Waals surface area contributed by atoms with Crippen molar-refractivity contribution in [1.29, 1.82) is 0 Å². The number of pyridine rings is 1. The number of para-hydroxylation sites is 1. The second kappa shape index (κ2) is 6.54. The summed E-state index contributed by atoms with van der Waals surface area (Å²) in [4.78, 5) is 19.0. The van der Waals surface area contributed by atoms with Crippen molar-refractivity contribution < 1.29 is 4.79 Å². The molecule has 1 saturated carbocycles. The molecule has 5 nitrogen and oxygen atoms in total. The molecule has 1 amide bonds. The van der Waals surface area contributed by atoms with Crippen molar-refractivity contribution in [3.05, 3.63) is 35.9 Å². The van der Waals surface area contributed by atoms with Crippen LogP contribution in [0.5, 0.6) is 0 Å². The Labute approximate surface area is 136 Å². The topological polar surface area (TPSA) is 71.2 Å². The van der Waals surface area contributed by atoms with Crippen LogP contribution in [0.1, 0.15) is 24.8 Å². The van der Waals surface area contributed by atoms with Crippen molar-refractivity contribution in [3.63, 3.8) is 0 Å². The normalized spacial score (nSPS) is 20.7. The van der Waals surface area contributed by atoms with Crippen LogP contribution in [0.25, 0.3) is 10.9 Å². The lowest BCUT2D eigenvalue weighted by atomic mass is 10.1. The van der Waals surface area contributed by atoms with E-state index in [1.165, 1.54) is 0 Å². The first kappa shape index (κ1) is 15.7. The molecule has 3 rings (SSSR count). The highest BCUT2D eigenvalue weighted by Crippen LogP contribution is 2.25. The lowest BCUT2D eigenvalue weighted by molar-refractivity contribution is -0.125. The molecule has 5 heteroatoms. The molecule has 2 atom stereocenters. The van der Waals surface area contributed by atoms with Gasteiger partial charge in [0.2, 0.25) is 5.91 Å². The minimum Gasteiger partial charge on any atom is -0.363 e. The molecule has 0 radical (unpaired) electrons. The maximum atomic E-state index is 12.3. The molecule has 0 spiro atoms. The Kier molecular flexibility index (Phi) is 4.48. The number of rotatable bonds is 4. The molecule has 1 aliphatic rings. The minimum absolute atomic E-state index is 0.0615. The van der Waals surface area contributed by atoms with Crippen LogP contribution in [0.3, 0.4) is 0 Å². The summed E-state index contributed by atoms with van der Waals surface area (Å²) < 4.78 is 0. The average Bonchev–Trinajstić information content (AvgIpc) is 2.98. The van der Waals surface area contributed by atoms with Crippen molar-refractivity contribution in [2.24, 2.45) is 11.7 Å². The Morgan fingerprint density at radius 1 is 1.35 bits per heavy atom. The van der Waals surface area contributed by atoms with Crippen molar-refractivity contribution in [1.82, 2.24) is 10.3 Å². The van der Waals surface area contributed by atoms with Crippen molar-refractivity contribution in [3.8, 4) is 0 Å². The van der Waals surface area contributed by atoms with Gasteiger partial charge in [-0.3, -0.25) is 4.79 Å². The fourth-order valence-electron chi connectivity index (χ4n) is 3.19. The van der Waals surface area contributed by atoms with E-state index < -0.39 is 0 Å². The smallest absolute Gasteiger partial charge is 0.223 e. The standard InChI is InChI=1S/C18H24N4O/c1-22(2)17-10-13(15-5-3-4-6-16(15)21-17)11-20-18(23)12-7-8-14(19)9-12/h3-6,10,12,14H,7-9,11,19H2,1-2H3,(H,20,23). The van der Waals surface area contributed by atoms with Gasteiger partial charge < -0.3 is 16.0 Å². The zero-order valence-corrected chi connectivity index (χ0v) is 13.7. The number of carbonyl (C=O) groups is 1. The molecule has 1 heterocycles. The Morgan fingerprint density at radius 3 is 2.83 bits per heavy atom. The molecule has 1 aliphatic carbocycles. The van der Waals surface area contributed by atoms with Crippen LogP contribution in [0.4, 0.5) is 5.82 Å². The van der Waals surface area contributed by atoms with Crippen LogP contribution in [-0.2, 0) is 11.3 Å². The highest BCUT2D eigenvalue weighted by Gasteiger charge is 2.27. The van der Waals surface area contributed by atoms with Crippen LogP contribution in [-0.4, -0.2) is 31.0 Å². The van der Waals surface area contributed by atoms with E-state index >= 15 is 0 Å². The van der Waals surface area contributed by atoms with E-state index in [-0.39, 0.29) is 17.9 Å². The quantitative estimate of drug-likeness (QED) is 0.906. The number of hydrogen-bond donors (Lipinski definition) is 2. The number of nitrogens with one attached hydrogen (secondary N) is 1. The van der Waals surface area contributed by atoms with E-state index in [1.54, 1.807) is 0 Å². The Bertz CT molecular complexity index is 713. The molecule has 2 unspecified atom stereocenters. The molecule has 0 bridgehead atoms. The number of benzene rings is 1. The van der Waals surface area contributed by atoms with Gasteiger partial charge in [0.15, 0.2) is 0 Å². The Morgan fingerprint density at radius 2 is 2.13 bits per heavy atom. The van der Waals surface area contributed by atoms with Gasteiger partial charge in [-0.05, 0) is 37.0 Å². The summed E-state index contributed by atoms with van der Waals surface area (Å²) in [5, 5.41) is 4.16. The van der Waals surface area contributed by atoms with Crippen molar-refractivity contribution in [2.75, 3.05) is 19.0 Å². The average molecular weight is 312 g/mol. The van der Waals surface area contributed by atoms with E-state index in [1.807, 2.05) is 43.3 Å². The number of hydrogen-bond acceptors (Lipinski definition) is 4. The zero-order valence-electron chi connectivity index (χ0n) is 13.7. The molecule has 0 saturated heterocycles. The number of nitrogens with two attached hydrogens (primary N) is 1. The molecular formula is C18H24N4O. The predicted octanol–water partition coefficient (Wildman–Crippen LogP) is 2.04. The third-order valence-electron chi connectivity index (χ3n) is 4.54. The van der Waals surface area contributed by atoms with E-state index in [0.29, 0.717) is 6.54 Å². The number of fused-ring (bicyclic) bond motifs is 1. The van der Waals surface area contributed by atoms with E-state index in [0.717, 1.165) is 41.5 Å². The molecule has 122 valence electrons. The number of amides is 1. The summed E-state index contributed by atoms with van der Waals surface area (Å²) >= 11 is 0. The molecule has 3 N–H and O–H groups in total. The van der Waals surface area contributed by atoms with Crippen LogP contribution in [0, 0.1) is 5.92 Å². The second-order valence-electron chi connectivity index (χ2n) is 6.54. The van der Waals surface area contributed by atoms with Gasteiger partial charge in [-0.25, -0.2) is 4.98 Å². The van der Waals surface area contributed by atoms with Gasteiger partial charge >= 0.3 is 0 Å². The summed E-state index contributed by atoms with van der Waals surface area (Å²) in [5.74, 6) is 1.08. The fourth-order valence-corrected chi connectivity index (χ4v) is 3.19. The number of aromatic nitrogens is 1. The van der Waals surface area contributed by atoms with Gasteiger partial charge in [-0.15, -0.1) is 0 Å². The SMILES string of the molecule is CN(C)c1cc(CNC(=O)C2CCC(N)C2)c2ccccc2n1. The molecular weight excluding hydrogens is 288 g/mol. The minimum atomic E-state index is 0.0615. The van der Waals surface area contributed by atoms with E-state index in [9.17, 15) is 4.79 Å². The number of nitrogens with zero attached hydrogens (tertiary/aromatic N) is 2. The van der Waals surface area contributed by atoms with Crippen LogP contribution >= 0.6 is 0 Å². The van der Waals surface area contributed by atoms with Gasteiger partial charge in [0.25, 0.3) is 0 Å². The predicted molar refractivity (Wildman–Crippen MR) is 93.2 cm³/mol. The third-order valence-corrected chi connectivity index (χ3v) is 4.54. The highest BCUT2D eigenvalue weighted by molar-refractivity contribution is 5.85. The van der Waals surface area contributed by atoms with Gasteiger partial charge in [0, 0.05) is 38.0 Å². The van der Waals surface area contributed by atoms with E-state index in [2.05, 4.69) is 16.4 Å². The number of anilines is 1. The molecule has 23 heavy (non-hydrogen) atoms. The Hall–Kier alpha value is -2.14. The summed E-state index contributed by atoms with van der Waals surface area (Å²) in [6.45, 7) is 0.522. The van der Waals surface area contributed by atoms with Crippen molar-refractivity contribution >= 4 is 22.6 Å².